The van der Waals surface area contributed by atoms with Gasteiger partial charge in [-0.1, -0.05) is 28.9 Å². The first-order valence-electron chi connectivity index (χ1n) is 6.88. The molecule has 0 spiro atoms. The highest BCUT2D eigenvalue weighted by molar-refractivity contribution is 9.10. The van der Waals surface area contributed by atoms with Gasteiger partial charge in [-0.25, -0.2) is 5.84 Å². The first-order chi connectivity index (χ1) is 10.1. The minimum atomic E-state index is -0.328. The zero-order valence-electron chi connectivity index (χ0n) is 11.9. The van der Waals surface area contributed by atoms with Crippen LogP contribution in [0.3, 0.4) is 0 Å². The Morgan fingerprint density at radius 2 is 2.33 bits per heavy atom. The number of hydrogen-bond donors (Lipinski definition) is 3. The molecule has 0 saturated carbocycles. The minimum absolute atomic E-state index is 0.0824. The van der Waals surface area contributed by atoms with Gasteiger partial charge in [-0.15, -0.1) is 0 Å². The van der Waals surface area contributed by atoms with Crippen molar-refractivity contribution in [1.29, 1.82) is 0 Å². The fourth-order valence-corrected chi connectivity index (χ4v) is 3.02. The summed E-state index contributed by atoms with van der Waals surface area (Å²) in [5.41, 5.74) is 3.64. The van der Waals surface area contributed by atoms with Gasteiger partial charge in [0.1, 0.15) is 0 Å². The largest absolute Gasteiger partial charge is 0.353 e. The van der Waals surface area contributed by atoms with Crippen LogP contribution < -0.4 is 16.6 Å². The summed E-state index contributed by atoms with van der Waals surface area (Å²) in [5, 5.41) is 2.89. The smallest absolute Gasteiger partial charge is 0.265 e. The van der Waals surface area contributed by atoms with Crippen molar-refractivity contribution in [2.75, 3.05) is 13.1 Å². The maximum atomic E-state index is 11.9. The molecule has 0 bridgehead atoms. The summed E-state index contributed by atoms with van der Waals surface area (Å²) >= 11 is 3.48. The van der Waals surface area contributed by atoms with Gasteiger partial charge in [0.05, 0.1) is 6.04 Å². The molecular formula is C14H19BrN4O2. The third kappa shape index (κ3) is 3.61. The molecule has 1 atom stereocenters. The van der Waals surface area contributed by atoms with E-state index in [-0.39, 0.29) is 17.9 Å². The summed E-state index contributed by atoms with van der Waals surface area (Å²) in [4.78, 5) is 25.5. The number of hydrogen-bond acceptors (Lipinski definition) is 4. The average Bonchev–Trinajstić information content (AvgIpc) is 2.48. The predicted molar refractivity (Wildman–Crippen MR) is 83.3 cm³/mol. The van der Waals surface area contributed by atoms with Crippen LogP contribution in [0, 0.1) is 0 Å². The Hall–Kier alpha value is -1.44. The van der Waals surface area contributed by atoms with Crippen LogP contribution >= 0.6 is 15.9 Å². The lowest BCUT2D eigenvalue weighted by molar-refractivity contribution is -0.129. The summed E-state index contributed by atoms with van der Waals surface area (Å²) < 4.78 is 0.837. The van der Waals surface area contributed by atoms with Crippen molar-refractivity contribution in [3.63, 3.8) is 0 Å². The van der Waals surface area contributed by atoms with Gasteiger partial charge in [-0.05, 0) is 24.1 Å². The fraction of sp³-hybridized carbons (Fsp3) is 0.429. The molecule has 1 aliphatic rings. The van der Waals surface area contributed by atoms with Crippen LogP contribution in [0.5, 0.6) is 0 Å². The van der Waals surface area contributed by atoms with Crippen LogP contribution in [0.2, 0.25) is 0 Å². The first-order valence-corrected chi connectivity index (χ1v) is 7.67. The van der Waals surface area contributed by atoms with Gasteiger partial charge in [0.15, 0.2) is 0 Å². The zero-order valence-corrected chi connectivity index (χ0v) is 13.4. The lowest BCUT2D eigenvalue weighted by Crippen LogP contribution is -2.54. The molecule has 2 rings (SSSR count). The summed E-state index contributed by atoms with van der Waals surface area (Å²) in [7, 11) is 0. The van der Waals surface area contributed by atoms with E-state index in [1.807, 2.05) is 13.0 Å². The number of benzene rings is 1. The SMILES string of the molecule is CCC1C(=O)NCCN1Cc1ccc(C(=O)NN)cc1Br. The van der Waals surface area contributed by atoms with Crippen molar-refractivity contribution in [2.24, 2.45) is 5.84 Å². The number of nitrogens with zero attached hydrogens (tertiary/aromatic N) is 1. The molecule has 1 heterocycles. The van der Waals surface area contributed by atoms with Crippen LogP contribution in [0.25, 0.3) is 0 Å². The van der Waals surface area contributed by atoms with E-state index in [1.165, 1.54) is 0 Å². The number of nitrogens with two attached hydrogens (primary N) is 1. The van der Waals surface area contributed by atoms with Crippen molar-refractivity contribution in [3.8, 4) is 0 Å². The molecule has 21 heavy (non-hydrogen) atoms. The van der Waals surface area contributed by atoms with Crippen LogP contribution in [0.1, 0.15) is 29.3 Å². The number of nitrogen functional groups attached to an aromatic ring is 1. The maximum absolute atomic E-state index is 11.9. The Kier molecular flexibility index (Phi) is 5.33. The Morgan fingerprint density at radius 1 is 1.57 bits per heavy atom. The Labute approximate surface area is 132 Å². The second-order valence-corrected chi connectivity index (χ2v) is 5.82. The fourth-order valence-electron chi connectivity index (χ4n) is 2.51. The number of piperazine rings is 1. The van der Waals surface area contributed by atoms with Crippen molar-refractivity contribution in [2.45, 2.75) is 25.9 Å². The number of amides is 2. The molecule has 7 heteroatoms. The Bertz CT molecular complexity index is 550. The van der Waals surface area contributed by atoms with Crippen molar-refractivity contribution >= 4 is 27.7 Å². The standard InChI is InChI=1S/C14H19BrN4O2/c1-2-12-14(21)17-5-6-19(12)8-10-4-3-9(7-11(10)15)13(20)18-16/h3-4,7,12H,2,5-6,8,16H2,1H3,(H,17,21)(H,18,20). The summed E-state index contributed by atoms with van der Waals surface area (Å²) in [6.45, 7) is 4.16. The quantitative estimate of drug-likeness (QED) is 0.423. The highest BCUT2D eigenvalue weighted by atomic mass is 79.9. The molecule has 0 aliphatic carbocycles. The molecule has 1 aromatic carbocycles. The molecule has 0 radical (unpaired) electrons. The lowest BCUT2D eigenvalue weighted by atomic mass is 10.1. The van der Waals surface area contributed by atoms with E-state index >= 15 is 0 Å². The molecule has 1 unspecified atom stereocenters. The second-order valence-electron chi connectivity index (χ2n) is 4.97. The zero-order chi connectivity index (χ0) is 15.4. The maximum Gasteiger partial charge on any atom is 0.265 e. The molecule has 2 amide bonds. The topological polar surface area (TPSA) is 87.5 Å². The summed E-state index contributed by atoms with van der Waals surface area (Å²) in [6.07, 6.45) is 0.775. The molecular weight excluding hydrogens is 336 g/mol. The molecule has 1 aliphatic heterocycles. The van der Waals surface area contributed by atoms with E-state index < -0.39 is 0 Å². The number of carbonyl (C=O) groups excluding carboxylic acids is 2. The van der Waals surface area contributed by atoms with Crippen LogP contribution in [-0.2, 0) is 11.3 Å². The van der Waals surface area contributed by atoms with Gasteiger partial charge in [0.25, 0.3) is 5.91 Å². The van der Waals surface area contributed by atoms with Gasteiger partial charge in [-0.2, -0.15) is 0 Å². The van der Waals surface area contributed by atoms with Crippen LogP contribution in [-0.4, -0.2) is 35.8 Å². The average molecular weight is 355 g/mol. The molecule has 1 saturated heterocycles. The van der Waals surface area contributed by atoms with Crippen LogP contribution in [0.4, 0.5) is 0 Å². The van der Waals surface area contributed by atoms with Gasteiger partial charge in [-0.3, -0.25) is 19.9 Å². The summed E-state index contributed by atoms with van der Waals surface area (Å²) in [5.74, 6) is 4.88. The number of hydrazine groups is 1. The molecule has 6 nitrogen and oxygen atoms in total. The molecule has 4 N–H and O–H groups in total. The van der Waals surface area contributed by atoms with Gasteiger partial charge < -0.3 is 5.32 Å². The van der Waals surface area contributed by atoms with E-state index in [0.29, 0.717) is 18.7 Å². The van der Waals surface area contributed by atoms with Crippen LogP contribution in [0.15, 0.2) is 22.7 Å². The van der Waals surface area contributed by atoms with Gasteiger partial charge in [0.2, 0.25) is 5.91 Å². The first kappa shape index (κ1) is 15.9. The monoisotopic (exact) mass is 354 g/mol. The third-order valence-corrected chi connectivity index (χ3v) is 4.39. The highest BCUT2D eigenvalue weighted by Gasteiger charge is 2.28. The lowest BCUT2D eigenvalue weighted by Gasteiger charge is -2.34. The highest BCUT2D eigenvalue weighted by Crippen LogP contribution is 2.22. The normalized spacial score (nSPS) is 19.2. The van der Waals surface area contributed by atoms with E-state index in [1.54, 1.807) is 12.1 Å². The van der Waals surface area contributed by atoms with E-state index in [0.717, 1.165) is 23.0 Å². The van der Waals surface area contributed by atoms with Gasteiger partial charge in [0, 0.05) is 29.7 Å². The number of nitrogens with one attached hydrogen (secondary N) is 2. The van der Waals surface area contributed by atoms with E-state index in [9.17, 15) is 9.59 Å². The Morgan fingerprint density at radius 3 is 2.95 bits per heavy atom. The number of halogens is 1. The van der Waals surface area contributed by atoms with Gasteiger partial charge >= 0.3 is 0 Å². The number of carbonyl (C=O) groups is 2. The second kappa shape index (κ2) is 7.02. The summed E-state index contributed by atoms with van der Waals surface area (Å²) in [6, 6.07) is 5.25. The molecule has 1 aromatic rings. The minimum Gasteiger partial charge on any atom is -0.353 e. The van der Waals surface area contributed by atoms with E-state index in [2.05, 4.69) is 31.6 Å². The Balaban J connectivity index is 2.15. The number of rotatable bonds is 4. The molecule has 114 valence electrons. The van der Waals surface area contributed by atoms with Crippen molar-refractivity contribution in [1.82, 2.24) is 15.6 Å². The molecule has 1 fully saturated rings. The third-order valence-electron chi connectivity index (χ3n) is 3.65. The van der Waals surface area contributed by atoms with E-state index in [4.69, 9.17) is 5.84 Å². The molecule has 0 aromatic heterocycles. The van der Waals surface area contributed by atoms with Crippen molar-refractivity contribution in [3.05, 3.63) is 33.8 Å². The predicted octanol–water partition coefficient (Wildman–Crippen LogP) is 0.763. The van der Waals surface area contributed by atoms with Crippen molar-refractivity contribution < 1.29 is 9.59 Å².